The first-order valence-corrected chi connectivity index (χ1v) is 10.2. The van der Waals surface area contributed by atoms with Gasteiger partial charge in [0.05, 0.1) is 12.8 Å². The normalized spacial score (nSPS) is 11.7. The van der Waals surface area contributed by atoms with Crippen LogP contribution in [0.1, 0.15) is 16.9 Å². The molecule has 0 fully saturated rings. The number of nitrogens with zero attached hydrogens (tertiary/aromatic N) is 1. The molecule has 0 spiro atoms. The van der Waals surface area contributed by atoms with Crippen LogP contribution >= 0.6 is 23.1 Å². The van der Waals surface area contributed by atoms with Crippen molar-refractivity contribution in [2.75, 3.05) is 18.2 Å². The van der Waals surface area contributed by atoms with Gasteiger partial charge in [-0.05, 0) is 29.8 Å². The number of methoxy groups -OCH3 is 1. The molecule has 1 N–H and O–H groups in total. The molecule has 0 saturated heterocycles. The summed E-state index contributed by atoms with van der Waals surface area (Å²) in [7, 11) is 1.65. The van der Waals surface area contributed by atoms with Crippen LogP contribution in [0.5, 0.6) is 5.75 Å². The summed E-state index contributed by atoms with van der Waals surface area (Å²) >= 11 is 3.24. The van der Waals surface area contributed by atoms with Gasteiger partial charge in [-0.3, -0.25) is 4.79 Å². The number of benzene rings is 2. The van der Waals surface area contributed by atoms with Crippen molar-refractivity contribution in [1.29, 1.82) is 0 Å². The zero-order chi connectivity index (χ0) is 17.9. The number of amides is 1. The van der Waals surface area contributed by atoms with Crippen LogP contribution in [0, 0.1) is 0 Å². The lowest BCUT2D eigenvalue weighted by Crippen LogP contribution is -2.11. The predicted molar refractivity (Wildman–Crippen MR) is 107 cm³/mol. The van der Waals surface area contributed by atoms with Crippen LogP contribution in [0.15, 0.2) is 53.4 Å². The van der Waals surface area contributed by atoms with Crippen LogP contribution in [0.2, 0.25) is 0 Å². The minimum absolute atomic E-state index is 0.00622. The molecular weight excluding hydrogens is 364 g/mol. The Morgan fingerprint density at radius 3 is 2.85 bits per heavy atom. The van der Waals surface area contributed by atoms with Crippen molar-refractivity contribution >= 4 is 34.1 Å². The Morgan fingerprint density at radius 2 is 2.04 bits per heavy atom. The number of carbonyl (C=O) groups is 1. The van der Waals surface area contributed by atoms with Crippen molar-refractivity contribution in [3.63, 3.8) is 0 Å². The lowest BCUT2D eigenvalue weighted by molar-refractivity contribution is -0.115. The van der Waals surface area contributed by atoms with Gasteiger partial charge in [0, 0.05) is 33.9 Å². The number of rotatable bonds is 6. The Hall–Kier alpha value is -2.31. The van der Waals surface area contributed by atoms with Crippen LogP contribution in [-0.2, 0) is 11.2 Å². The van der Waals surface area contributed by atoms with Crippen LogP contribution in [0.4, 0.5) is 5.13 Å². The van der Waals surface area contributed by atoms with Gasteiger partial charge in [0.1, 0.15) is 5.75 Å². The third-order valence-corrected chi connectivity index (χ3v) is 6.21. The number of fused-ring (bicyclic) bond motifs is 3. The van der Waals surface area contributed by atoms with E-state index in [0.717, 1.165) is 28.5 Å². The predicted octanol–water partition coefficient (Wildman–Crippen LogP) is 4.84. The van der Waals surface area contributed by atoms with E-state index in [9.17, 15) is 4.79 Å². The van der Waals surface area contributed by atoms with Crippen molar-refractivity contribution in [2.24, 2.45) is 0 Å². The lowest BCUT2D eigenvalue weighted by atomic mass is 10.1. The molecular formula is C20H18N2O2S2. The van der Waals surface area contributed by atoms with Gasteiger partial charge in [0.2, 0.25) is 5.91 Å². The average molecular weight is 383 g/mol. The Balaban J connectivity index is 1.31. The molecule has 26 heavy (non-hydrogen) atoms. The van der Waals surface area contributed by atoms with Crippen molar-refractivity contribution in [3.05, 3.63) is 59.0 Å². The molecule has 1 aliphatic rings. The summed E-state index contributed by atoms with van der Waals surface area (Å²) in [6.45, 7) is 0. The zero-order valence-electron chi connectivity index (χ0n) is 14.3. The zero-order valence-corrected chi connectivity index (χ0v) is 16.0. The molecule has 1 amide bonds. The largest absolute Gasteiger partial charge is 0.497 e. The number of aromatic nitrogens is 1. The van der Waals surface area contributed by atoms with Crippen molar-refractivity contribution in [2.45, 2.75) is 17.7 Å². The van der Waals surface area contributed by atoms with Crippen molar-refractivity contribution in [3.8, 4) is 17.0 Å². The molecule has 4 nitrogen and oxygen atoms in total. The van der Waals surface area contributed by atoms with Gasteiger partial charge in [-0.25, -0.2) is 4.98 Å². The molecule has 0 radical (unpaired) electrons. The molecule has 2 aromatic carbocycles. The fourth-order valence-corrected chi connectivity index (χ4v) is 4.80. The van der Waals surface area contributed by atoms with Crippen LogP contribution in [0.3, 0.4) is 0 Å². The first-order chi connectivity index (χ1) is 12.7. The van der Waals surface area contributed by atoms with Crippen molar-refractivity contribution in [1.82, 2.24) is 4.98 Å². The summed E-state index contributed by atoms with van der Waals surface area (Å²) in [5, 5.41) is 3.64. The van der Waals surface area contributed by atoms with Crippen LogP contribution in [-0.4, -0.2) is 23.8 Å². The molecule has 1 heterocycles. The maximum atomic E-state index is 12.2. The van der Waals surface area contributed by atoms with Crippen molar-refractivity contribution < 1.29 is 9.53 Å². The first kappa shape index (κ1) is 17.1. The highest BCUT2D eigenvalue weighted by Gasteiger charge is 2.23. The monoisotopic (exact) mass is 382 g/mol. The molecule has 0 aliphatic heterocycles. The first-order valence-electron chi connectivity index (χ1n) is 8.37. The second kappa shape index (κ2) is 7.51. The maximum absolute atomic E-state index is 12.2. The fraction of sp³-hybridized carbons (Fsp3) is 0.200. The molecule has 0 bridgehead atoms. The van der Waals surface area contributed by atoms with E-state index in [-0.39, 0.29) is 5.91 Å². The van der Waals surface area contributed by atoms with E-state index < -0.39 is 0 Å². The summed E-state index contributed by atoms with van der Waals surface area (Å²) in [5.41, 5.74) is 3.53. The number of thioether (sulfide) groups is 1. The lowest BCUT2D eigenvalue weighted by Gasteiger charge is -2.04. The minimum Gasteiger partial charge on any atom is -0.497 e. The van der Waals surface area contributed by atoms with Gasteiger partial charge >= 0.3 is 0 Å². The van der Waals surface area contributed by atoms with Gasteiger partial charge in [-0.15, -0.1) is 23.1 Å². The number of hydrogen-bond acceptors (Lipinski definition) is 5. The van der Waals surface area contributed by atoms with Gasteiger partial charge in [0.15, 0.2) is 5.13 Å². The Labute approximate surface area is 160 Å². The Kier molecular flexibility index (Phi) is 4.95. The molecule has 132 valence electrons. The molecule has 6 heteroatoms. The molecule has 1 aromatic heterocycles. The van der Waals surface area contributed by atoms with E-state index in [0.29, 0.717) is 11.6 Å². The van der Waals surface area contributed by atoms with Gasteiger partial charge in [-0.1, -0.05) is 24.3 Å². The third-order valence-electron chi connectivity index (χ3n) is 4.22. The molecule has 3 aromatic rings. The van der Waals surface area contributed by atoms with Gasteiger partial charge < -0.3 is 10.1 Å². The Bertz CT molecular complexity index is 935. The highest BCUT2D eigenvalue weighted by molar-refractivity contribution is 7.99. The maximum Gasteiger partial charge on any atom is 0.226 e. The van der Waals surface area contributed by atoms with E-state index in [1.54, 1.807) is 30.2 Å². The topological polar surface area (TPSA) is 51.2 Å². The standard InChI is InChI=1S/C20H18N2O2S2/c1-24-14-6-8-15(9-7-14)25-11-10-18(23)21-20-22-19-16-5-3-2-4-13(16)12-17(19)26-20/h2-9H,10-12H2,1H3,(H,21,22,23). The molecule has 4 rings (SSSR count). The van der Waals surface area contributed by atoms with Crippen LogP contribution < -0.4 is 10.1 Å². The quantitative estimate of drug-likeness (QED) is 0.485. The second-order valence-corrected chi connectivity index (χ2v) is 8.20. The summed E-state index contributed by atoms with van der Waals surface area (Å²) in [5.74, 6) is 1.57. The minimum atomic E-state index is 0.00622. The van der Waals surface area contributed by atoms with Crippen LogP contribution in [0.25, 0.3) is 11.3 Å². The van der Waals surface area contributed by atoms with Gasteiger partial charge in [0.25, 0.3) is 0 Å². The van der Waals surface area contributed by atoms with E-state index in [1.807, 2.05) is 30.3 Å². The van der Waals surface area contributed by atoms with E-state index in [1.165, 1.54) is 16.0 Å². The highest BCUT2D eigenvalue weighted by Crippen LogP contribution is 2.40. The number of thiazole rings is 1. The third kappa shape index (κ3) is 3.61. The number of ether oxygens (including phenoxy) is 1. The van der Waals surface area contributed by atoms with E-state index in [2.05, 4.69) is 28.5 Å². The highest BCUT2D eigenvalue weighted by atomic mass is 32.2. The Morgan fingerprint density at radius 1 is 1.23 bits per heavy atom. The molecule has 0 atom stereocenters. The summed E-state index contributed by atoms with van der Waals surface area (Å²) in [4.78, 5) is 19.2. The average Bonchev–Trinajstić information content (AvgIpc) is 3.19. The van der Waals surface area contributed by atoms with E-state index >= 15 is 0 Å². The van der Waals surface area contributed by atoms with E-state index in [4.69, 9.17) is 4.74 Å². The SMILES string of the molecule is COc1ccc(SCCC(=O)Nc2nc3c(s2)Cc2ccccc2-3)cc1. The molecule has 0 saturated carbocycles. The number of anilines is 1. The molecule has 0 unspecified atom stereocenters. The fourth-order valence-electron chi connectivity index (χ4n) is 2.93. The number of hydrogen-bond donors (Lipinski definition) is 1. The summed E-state index contributed by atoms with van der Waals surface area (Å²) in [6.07, 6.45) is 1.36. The number of nitrogens with one attached hydrogen (secondary N) is 1. The second-order valence-electron chi connectivity index (χ2n) is 5.95. The van der Waals surface area contributed by atoms with Gasteiger partial charge in [-0.2, -0.15) is 0 Å². The summed E-state index contributed by atoms with van der Waals surface area (Å²) < 4.78 is 5.15. The smallest absolute Gasteiger partial charge is 0.226 e. The number of carbonyl (C=O) groups excluding carboxylic acids is 1. The molecule has 1 aliphatic carbocycles. The summed E-state index contributed by atoms with van der Waals surface area (Å²) in [6, 6.07) is 16.2.